The van der Waals surface area contributed by atoms with E-state index in [-0.39, 0.29) is 11.9 Å². The molecule has 0 fully saturated rings. The third kappa shape index (κ3) is 5.71. The average Bonchev–Trinajstić information content (AvgIpc) is 2.79. The molecular formula is C14H24N4O2S. The van der Waals surface area contributed by atoms with Gasteiger partial charge in [0.1, 0.15) is 0 Å². The van der Waals surface area contributed by atoms with E-state index in [4.69, 9.17) is 0 Å². The number of carbonyl (C=O) groups excluding carboxylic acids is 1. The van der Waals surface area contributed by atoms with E-state index in [1.807, 2.05) is 13.8 Å². The second-order valence-corrected chi connectivity index (χ2v) is 6.09. The van der Waals surface area contributed by atoms with Crippen LogP contribution in [-0.2, 0) is 16.0 Å². The molecule has 0 saturated carbocycles. The van der Waals surface area contributed by atoms with Gasteiger partial charge in [-0.15, -0.1) is 11.3 Å². The first kappa shape index (κ1) is 17.4. The highest BCUT2D eigenvalue weighted by molar-refractivity contribution is 7.11. The van der Waals surface area contributed by atoms with Crippen LogP contribution in [0.4, 0.5) is 0 Å². The molecule has 21 heavy (non-hydrogen) atoms. The molecule has 2 N–H and O–H groups in total. The predicted molar refractivity (Wildman–Crippen MR) is 85.8 cm³/mol. The van der Waals surface area contributed by atoms with E-state index in [9.17, 15) is 4.79 Å². The fourth-order valence-electron chi connectivity index (χ4n) is 1.69. The van der Waals surface area contributed by atoms with Crippen molar-refractivity contribution in [1.29, 1.82) is 0 Å². The lowest BCUT2D eigenvalue weighted by molar-refractivity contribution is -0.144. The summed E-state index contributed by atoms with van der Waals surface area (Å²) in [5, 5.41) is 7.44. The van der Waals surface area contributed by atoms with Gasteiger partial charge in [0.15, 0.2) is 5.96 Å². The van der Waals surface area contributed by atoms with Crippen molar-refractivity contribution in [3.05, 3.63) is 15.6 Å². The van der Waals surface area contributed by atoms with Gasteiger partial charge in [-0.2, -0.15) is 0 Å². The minimum Gasteiger partial charge on any atom is -0.469 e. The first-order valence-electron chi connectivity index (χ1n) is 6.93. The maximum atomic E-state index is 11.3. The summed E-state index contributed by atoms with van der Waals surface area (Å²) in [5.74, 6) is 0.236. The number of hydrogen-bond acceptors (Lipinski definition) is 5. The van der Waals surface area contributed by atoms with Crippen molar-refractivity contribution in [2.45, 2.75) is 27.2 Å². The zero-order valence-corrected chi connectivity index (χ0v) is 14.1. The fraction of sp³-hybridized carbons (Fsp3) is 0.643. The molecule has 1 aromatic heterocycles. The number of aliphatic imine (C=N–C) groups is 1. The third-order valence-corrected chi connectivity index (χ3v) is 4.24. The van der Waals surface area contributed by atoms with Crippen LogP contribution in [0.1, 0.15) is 22.5 Å². The predicted octanol–water partition coefficient (Wildman–Crippen LogP) is 1.28. The summed E-state index contributed by atoms with van der Waals surface area (Å²) in [6.45, 7) is 7.16. The van der Waals surface area contributed by atoms with Crippen molar-refractivity contribution in [2.75, 3.05) is 27.2 Å². The summed E-state index contributed by atoms with van der Waals surface area (Å²) in [7, 11) is 3.10. The number of thiazole rings is 1. The molecule has 0 aliphatic rings. The Morgan fingerprint density at radius 1 is 1.43 bits per heavy atom. The number of nitrogens with zero attached hydrogens (tertiary/aromatic N) is 2. The second-order valence-electron chi connectivity index (χ2n) is 4.80. The van der Waals surface area contributed by atoms with Gasteiger partial charge in [-0.1, -0.05) is 6.92 Å². The van der Waals surface area contributed by atoms with Crippen molar-refractivity contribution in [1.82, 2.24) is 15.6 Å². The Bertz CT molecular complexity index is 480. The standard InChI is InChI=1S/C14H24N4O2S/c1-9(13(19)20-5)8-17-14(15-4)16-7-6-12-18-10(2)11(3)21-12/h9H,6-8H2,1-5H3,(H2,15,16,17). The van der Waals surface area contributed by atoms with Crippen LogP contribution in [-0.4, -0.2) is 44.2 Å². The van der Waals surface area contributed by atoms with Crippen LogP contribution in [0, 0.1) is 19.8 Å². The first-order chi connectivity index (χ1) is 9.97. The van der Waals surface area contributed by atoms with E-state index in [2.05, 4.69) is 32.3 Å². The summed E-state index contributed by atoms with van der Waals surface area (Å²) in [4.78, 5) is 21.2. The van der Waals surface area contributed by atoms with Crippen LogP contribution in [0.5, 0.6) is 0 Å². The Morgan fingerprint density at radius 2 is 2.14 bits per heavy atom. The topological polar surface area (TPSA) is 75.6 Å². The number of ether oxygens (including phenoxy) is 1. The number of nitrogens with one attached hydrogen (secondary N) is 2. The highest BCUT2D eigenvalue weighted by Crippen LogP contribution is 2.16. The van der Waals surface area contributed by atoms with Gasteiger partial charge in [0.25, 0.3) is 0 Å². The van der Waals surface area contributed by atoms with Crippen molar-refractivity contribution < 1.29 is 9.53 Å². The van der Waals surface area contributed by atoms with E-state index in [0.717, 1.165) is 23.7 Å². The van der Waals surface area contributed by atoms with Gasteiger partial charge in [0, 0.05) is 31.4 Å². The van der Waals surface area contributed by atoms with Crippen molar-refractivity contribution in [2.24, 2.45) is 10.9 Å². The van der Waals surface area contributed by atoms with Crippen LogP contribution >= 0.6 is 11.3 Å². The van der Waals surface area contributed by atoms with Gasteiger partial charge in [0.2, 0.25) is 0 Å². The van der Waals surface area contributed by atoms with Crippen molar-refractivity contribution in [3.63, 3.8) is 0 Å². The zero-order valence-electron chi connectivity index (χ0n) is 13.3. The van der Waals surface area contributed by atoms with Crippen molar-refractivity contribution >= 4 is 23.3 Å². The molecule has 1 heterocycles. The normalized spacial score (nSPS) is 12.9. The maximum Gasteiger partial charge on any atom is 0.310 e. The van der Waals surface area contributed by atoms with Crippen LogP contribution in [0.2, 0.25) is 0 Å². The van der Waals surface area contributed by atoms with Gasteiger partial charge >= 0.3 is 5.97 Å². The molecular weight excluding hydrogens is 288 g/mol. The minimum absolute atomic E-state index is 0.210. The Morgan fingerprint density at radius 3 is 2.67 bits per heavy atom. The summed E-state index contributed by atoms with van der Waals surface area (Å²) in [5.41, 5.74) is 1.10. The van der Waals surface area contributed by atoms with Gasteiger partial charge < -0.3 is 15.4 Å². The SMILES string of the molecule is CN=C(NCCc1nc(C)c(C)s1)NCC(C)C(=O)OC. The molecule has 0 aliphatic carbocycles. The maximum absolute atomic E-state index is 11.3. The van der Waals surface area contributed by atoms with E-state index < -0.39 is 0 Å². The Labute approximate surface area is 130 Å². The lowest BCUT2D eigenvalue weighted by Gasteiger charge is -2.14. The summed E-state index contributed by atoms with van der Waals surface area (Å²) in [6.07, 6.45) is 0.854. The Kier molecular flexibility index (Phi) is 7.14. The van der Waals surface area contributed by atoms with Crippen LogP contribution in [0.15, 0.2) is 4.99 Å². The van der Waals surface area contributed by atoms with Crippen LogP contribution in [0.25, 0.3) is 0 Å². The fourth-order valence-corrected chi connectivity index (χ4v) is 2.62. The average molecular weight is 312 g/mol. The molecule has 0 amide bonds. The van der Waals surface area contributed by atoms with Crippen LogP contribution < -0.4 is 10.6 Å². The molecule has 1 unspecified atom stereocenters. The molecule has 118 valence electrons. The Hall–Kier alpha value is -1.63. The van der Waals surface area contributed by atoms with E-state index in [1.165, 1.54) is 12.0 Å². The molecule has 1 aromatic rings. The van der Waals surface area contributed by atoms with Gasteiger partial charge in [0.05, 0.1) is 23.7 Å². The third-order valence-electron chi connectivity index (χ3n) is 3.11. The molecule has 0 aliphatic heterocycles. The molecule has 6 nitrogen and oxygen atoms in total. The number of esters is 1. The number of rotatable bonds is 6. The molecule has 0 saturated heterocycles. The highest BCUT2D eigenvalue weighted by atomic mass is 32.1. The molecule has 0 spiro atoms. The number of guanidine groups is 1. The summed E-state index contributed by atoms with van der Waals surface area (Å²) >= 11 is 1.73. The molecule has 0 aromatic carbocycles. The zero-order chi connectivity index (χ0) is 15.8. The first-order valence-corrected chi connectivity index (χ1v) is 7.74. The smallest absolute Gasteiger partial charge is 0.310 e. The monoisotopic (exact) mass is 312 g/mol. The molecule has 1 atom stereocenters. The lowest BCUT2D eigenvalue weighted by Crippen LogP contribution is -2.41. The quantitative estimate of drug-likeness (QED) is 0.470. The number of methoxy groups -OCH3 is 1. The van der Waals surface area contributed by atoms with E-state index in [1.54, 1.807) is 18.4 Å². The summed E-state index contributed by atoms with van der Waals surface area (Å²) < 4.78 is 4.68. The molecule has 0 bridgehead atoms. The van der Waals surface area contributed by atoms with Crippen molar-refractivity contribution in [3.8, 4) is 0 Å². The van der Waals surface area contributed by atoms with Gasteiger partial charge in [-0.05, 0) is 13.8 Å². The molecule has 1 rings (SSSR count). The van der Waals surface area contributed by atoms with Gasteiger partial charge in [-0.3, -0.25) is 9.79 Å². The van der Waals surface area contributed by atoms with E-state index >= 15 is 0 Å². The van der Waals surface area contributed by atoms with Crippen LogP contribution in [0.3, 0.4) is 0 Å². The Balaban J connectivity index is 2.33. The molecule has 7 heteroatoms. The summed E-state index contributed by atoms with van der Waals surface area (Å²) in [6, 6.07) is 0. The largest absolute Gasteiger partial charge is 0.469 e. The highest BCUT2D eigenvalue weighted by Gasteiger charge is 2.13. The number of hydrogen-bond donors (Lipinski definition) is 2. The number of aryl methyl sites for hydroxylation is 2. The number of aromatic nitrogens is 1. The minimum atomic E-state index is -0.230. The second kappa shape index (κ2) is 8.61. The number of carbonyl (C=O) groups is 1. The van der Waals surface area contributed by atoms with E-state index in [0.29, 0.717) is 12.5 Å². The van der Waals surface area contributed by atoms with Gasteiger partial charge in [-0.25, -0.2) is 4.98 Å². The lowest BCUT2D eigenvalue weighted by atomic mass is 10.2. The molecule has 0 radical (unpaired) electrons.